The molecule has 1 atom stereocenters. The monoisotopic (exact) mass is 695 g/mol. The van der Waals surface area contributed by atoms with Crippen LogP contribution in [-0.2, 0) is 0 Å². The molecular formula is C49H33N3O2. The first-order chi connectivity index (χ1) is 26.6. The van der Waals surface area contributed by atoms with Gasteiger partial charge in [-0.1, -0.05) is 97.9 Å². The minimum absolute atomic E-state index is 0.261. The lowest BCUT2D eigenvalue weighted by atomic mass is 9.85. The van der Waals surface area contributed by atoms with Crippen molar-refractivity contribution >= 4 is 65.9 Å². The highest BCUT2D eigenvalue weighted by atomic mass is 16.4. The topological polar surface area (TPSA) is 57.0 Å². The Labute approximate surface area is 311 Å². The molecule has 5 nitrogen and oxygen atoms in total. The van der Waals surface area contributed by atoms with Gasteiger partial charge in [0.25, 0.3) is 0 Å². The summed E-state index contributed by atoms with van der Waals surface area (Å²) in [5, 5.41) is 4.90. The summed E-state index contributed by atoms with van der Waals surface area (Å²) in [4.78, 5) is 9.50. The molecule has 1 aliphatic rings. The summed E-state index contributed by atoms with van der Waals surface area (Å²) in [6.07, 6.45) is 5.34. The van der Waals surface area contributed by atoms with Crippen LogP contribution in [0.4, 0.5) is 0 Å². The van der Waals surface area contributed by atoms with Crippen molar-refractivity contribution in [3.8, 4) is 28.3 Å². The number of hydrogen-bond acceptors (Lipinski definition) is 4. The molecule has 0 radical (unpaired) electrons. The SMILES string of the molecule is CC1CC(c2ccc3c(c2)c2cc(-c4ccc(-c5nc6ccccc6o5)cc4)ccc2n3-c2ccc3ccccc3c2)=CC=C1c1nc2ccccc2o1. The van der Waals surface area contributed by atoms with E-state index >= 15 is 0 Å². The molecule has 3 aromatic heterocycles. The molecule has 0 fully saturated rings. The number of para-hydroxylation sites is 4. The number of nitrogens with zero attached hydrogens (tertiary/aromatic N) is 3. The molecule has 1 aliphatic carbocycles. The first-order valence-corrected chi connectivity index (χ1v) is 18.4. The van der Waals surface area contributed by atoms with E-state index in [1.807, 2.05) is 48.5 Å². The Morgan fingerprint density at radius 2 is 1.11 bits per heavy atom. The number of hydrogen-bond donors (Lipinski definition) is 0. The van der Waals surface area contributed by atoms with Gasteiger partial charge < -0.3 is 13.4 Å². The normalized spacial score (nSPS) is 14.7. The minimum atomic E-state index is 0.261. The highest BCUT2D eigenvalue weighted by molar-refractivity contribution is 6.11. The third-order valence-electron chi connectivity index (χ3n) is 10.9. The lowest BCUT2D eigenvalue weighted by Gasteiger charge is -2.20. The standard InChI is InChI=1S/C49H33N3O2/c1-30-26-35(19-23-39(30)49-51-43-11-5-7-13-47(43)54-49)37-21-25-45-41(29-37)40-28-36(20-24-44(40)52(45)38-22-18-31-8-2-3-9-34(31)27-38)32-14-16-33(17-15-32)48-50-42-10-4-6-12-46(42)53-48/h2-25,27-30H,26H2,1H3. The van der Waals surface area contributed by atoms with Gasteiger partial charge in [-0.3, -0.25) is 0 Å². The number of allylic oxidation sites excluding steroid dienone is 4. The zero-order valence-corrected chi connectivity index (χ0v) is 29.5. The maximum Gasteiger partial charge on any atom is 0.227 e. The van der Waals surface area contributed by atoms with Crippen LogP contribution in [0.5, 0.6) is 0 Å². The van der Waals surface area contributed by atoms with E-state index in [0.29, 0.717) is 11.8 Å². The van der Waals surface area contributed by atoms with Crippen LogP contribution in [-0.4, -0.2) is 14.5 Å². The maximum absolute atomic E-state index is 6.17. The van der Waals surface area contributed by atoms with Gasteiger partial charge in [-0.15, -0.1) is 0 Å². The average molecular weight is 696 g/mol. The van der Waals surface area contributed by atoms with E-state index in [-0.39, 0.29) is 5.92 Å². The molecule has 7 aromatic carbocycles. The lowest BCUT2D eigenvalue weighted by molar-refractivity contribution is 0.568. The van der Waals surface area contributed by atoms with Gasteiger partial charge in [-0.05, 0) is 118 Å². The van der Waals surface area contributed by atoms with Crippen LogP contribution in [0.2, 0.25) is 0 Å². The van der Waals surface area contributed by atoms with Crippen LogP contribution in [0, 0.1) is 5.92 Å². The maximum atomic E-state index is 6.17. The highest BCUT2D eigenvalue weighted by Gasteiger charge is 2.23. The Hall–Kier alpha value is -6.98. The number of benzene rings is 7. The van der Waals surface area contributed by atoms with Crippen LogP contribution in [0.25, 0.3) is 94.2 Å². The summed E-state index contributed by atoms with van der Waals surface area (Å²) >= 11 is 0. The first-order valence-electron chi connectivity index (χ1n) is 18.4. The predicted octanol–water partition coefficient (Wildman–Crippen LogP) is 13.1. The zero-order chi connectivity index (χ0) is 35.8. The molecule has 10 aromatic rings. The van der Waals surface area contributed by atoms with Crippen molar-refractivity contribution in [2.75, 3.05) is 0 Å². The smallest absolute Gasteiger partial charge is 0.227 e. The molecule has 0 N–H and O–H groups in total. The van der Waals surface area contributed by atoms with E-state index in [1.165, 1.54) is 43.7 Å². The quantitative estimate of drug-likeness (QED) is 0.180. The van der Waals surface area contributed by atoms with E-state index in [1.54, 1.807) is 0 Å². The molecule has 1 unspecified atom stereocenters. The van der Waals surface area contributed by atoms with Crippen LogP contribution in [0.1, 0.15) is 24.8 Å². The molecule has 0 aliphatic heterocycles. The van der Waals surface area contributed by atoms with Crippen LogP contribution >= 0.6 is 0 Å². The largest absolute Gasteiger partial charge is 0.436 e. The number of fused-ring (bicyclic) bond motifs is 6. The summed E-state index contributed by atoms with van der Waals surface area (Å²) in [6, 6.07) is 53.5. The minimum Gasteiger partial charge on any atom is -0.436 e. The molecule has 3 heterocycles. The van der Waals surface area contributed by atoms with Gasteiger partial charge in [-0.2, -0.15) is 0 Å². The van der Waals surface area contributed by atoms with E-state index in [4.69, 9.17) is 18.8 Å². The summed E-state index contributed by atoms with van der Waals surface area (Å²) in [5.41, 5.74) is 13.8. The van der Waals surface area contributed by atoms with Gasteiger partial charge in [-0.25, -0.2) is 9.97 Å². The Morgan fingerprint density at radius 3 is 1.83 bits per heavy atom. The van der Waals surface area contributed by atoms with Crippen molar-refractivity contribution in [1.29, 1.82) is 0 Å². The number of aromatic nitrogens is 3. The number of rotatable bonds is 5. The molecule has 11 rings (SSSR count). The third kappa shape index (κ3) is 5.01. The van der Waals surface area contributed by atoms with E-state index in [0.717, 1.165) is 56.6 Å². The summed E-state index contributed by atoms with van der Waals surface area (Å²) in [7, 11) is 0. The molecule has 0 amide bonds. The van der Waals surface area contributed by atoms with Gasteiger partial charge in [0, 0.05) is 27.6 Å². The second-order valence-electron chi connectivity index (χ2n) is 14.3. The fraction of sp³-hybridized carbons (Fsp3) is 0.0612. The van der Waals surface area contributed by atoms with Crippen molar-refractivity contribution in [2.24, 2.45) is 5.92 Å². The molecule has 0 bridgehead atoms. The summed E-state index contributed by atoms with van der Waals surface area (Å²) < 4.78 is 14.6. The summed E-state index contributed by atoms with van der Waals surface area (Å²) in [5.74, 6) is 1.60. The Bertz CT molecular complexity index is 3090. The number of oxazole rings is 2. The third-order valence-corrected chi connectivity index (χ3v) is 10.9. The molecular weight excluding hydrogens is 663 g/mol. The zero-order valence-electron chi connectivity index (χ0n) is 29.5. The van der Waals surface area contributed by atoms with Crippen LogP contribution in [0.15, 0.2) is 173 Å². The Balaban J connectivity index is 1.03. The van der Waals surface area contributed by atoms with Gasteiger partial charge in [0.15, 0.2) is 11.2 Å². The van der Waals surface area contributed by atoms with Crippen molar-refractivity contribution in [1.82, 2.24) is 14.5 Å². The first kappa shape index (κ1) is 30.6. The molecule has 0 saturated heterocycles. The molecule has 0 saturated carbocycles. The van der Waals surface area contributed by atoms with E-state index in [2.05, 4.69) is 127 Å². The Kier molecular flexibility index (Phi) is 6.83. The Morgan fingerprint density at radius 1 is 0.519 bits per heavy atom. The van der Waals surface area contributed by atoms with Crippen molar-refractivity contribution < 1.29 is 8.83 Å². The van der Waals surface area contributed by atoms with Crippen molar-refractivity contribution in [2.45, 2.75) is 13.3 Å². The van der Waals surface area contributed by atoms with Gasteiger partial charge in [0.2, 0.25) is 11.8 Å². The van der Waals surface area contributed by atoms with Crippen molar-refractivity contribution in [3.63, 3.8) is 0 Å². The van der Waals surface area contributed by atoms with Gasteiger partial charge in [0.05, 0.1) is 11.0 Å². The van der Waals surface area contributed by atoms with Crippen LogP contribution in [0.3, 0.4) is 0 Å². The molecule has 5 heteroatoms. The van der Waals surface area contributed by atoms with E-state index in [9.17, 15) is 0 Å². The van der Waals surface area contributed by atoms with Crippen LogP contribution < -0.4 is 0 Å². The van der Waals surface area contributed by atoms with Gasteiger partial charge >= 0.3 is 0 Å². The predicted molar refractivity (Wildman–Crippen MR) is 220 cm³/mol. The fourth-order valence-electron chi connectivity index (χ4n) is 8.15. The summed E-state index contributed by atoms with van der Waals surface area (Å²) in [6.45, 7) is 2.26. The second kappa shape index (κ2) is 12.0. The molecule has 54 heavy (non-hydrogen) atoms. The van der Waals surface area contributed by atoms with E-state index < -0.39 is 0 Å². The average Bonchev–Trinajstić information content (AvgIpc) is 3.94. The van der Waals surface area contributed by atoms with Gasteiger partial charge in [0.1, 0.15) is 11.0 Å². The highest BCUT2D eigenvalue weighted by Crippen LogP contribution is 2.41. The fourth-order valence-corrected chi connectivity index (χ4v) is 8.15. The molecule has 256 valence electrons. The lowest BCUT2D eigenvalue weighted by Crippen LogP contribution is -2.05. The van der Waals surface area contributed by atoms with Crippen molar-refractivity contribution in [3.05, 3.63) is 175 Å². The molecule has 0 spiro atoms. The second-order valence-corrected chi connectivity index (χ2v) is 14.3.